The number of aryl methyl sites for hydroxylation is 2. The van der Waals surface area contributed by atoms with E-state index >= 15 is 0 Å². The highest BCUT2D eigenvalue weighted by Crippen LogP contribution is 2.35. The van der Waals surface area contributed by atoms with Crippen LogP contribution in [-0.4, -0.2) is 20.0 Å². The lowest BCUT2D eigenvalue weighted by Gasteiger charge is -2.14. The van der Waals surface area contributed by atoms with Gasteiger partial charge in [-0.25, -0.2) is 0 Å². The number of thiocarbonyl (C=S) groups is 1. The first-order chi connectivity index (χ1) is 10.0. The van der Waals surface area contributed by atoms with Gasteiger partial charge < -0.3 is 0 Å². The summed E-state index contributed by atoms with van der Waals surface area (Å²) in [5.74, 6) is -0.0855. The summed E-state index contributed by atoms with van der Waals surface area (Å²) in [5, 5.41) is 4.09. The van der Waals surface area contributed by atoms with Gasteiger partial charge in [-0.1, -0.05) is 41.7 Å². The minimum Gasteiger partial charge on any atom is -0.275 e. The Balaban J connectivity index is 1.92. The van der Waals surface area contributed by atoms with E-state index in [1.807, 2.05) is 50.5 Å². The zero-order valence-corrected chi connectivity index (χ0v) is 13.2. The Hall–Kier alpha value is -1.92. The molecule has 0 saturated carbocycles. The number of hydrogen-bond donors (Lipinski definition) is 0. The quantitative estimate of drug-likeness (QED) is 0.630. The zero-order chi connectivity index (χ0) is 15.0. The summed E-state index contributed by atoms with van der Waals surface area (Å²) in [4.78, 5) is 14.7. The van der Waals surface area contributed by atoms with Crippen LogP contribution in [-0.2, 0) is 11.8 Å². The van der Waals surface area contributed by atoms with E-state index in [9.17, 15) is 4.79 Å². The molecule has 1 amide bonds. The van der Waals surface area contributed by atoms with Crippen LogP contribution in [0.25, 0.3) is 6.08 Å². The molecule has 1 aliphatic rings. The molecule has 1 fully saturated rings. The van der Waals surface area contributed by atoms with Gasteiger partial charge in [-0.2, -0.15) is 5.10 Å². The number of benzene rings is 1. The number of hydrogen-bond acceptors (Lipinski definition) is 4. The van der Waals surface area contributed by atoms with Crippen LogP contribution in [0.3, 0.4) is 0 Å². The van der Waals surface area contributed by atoms with Crippen molar-refractivity contribution in [2.24, 2.45) is 7.05 Å². The Morgan fingerprint density at radius 1 is 1.29 bits per heavy atom. The topological polar surface area (TPSA) is 38.1 Å². The number of rotatable bonds is 2. The molecule has 0 radical (unpaired) electrons. The first-order valence-corrected chi connectivity index (χ1v) is 7.60. The van der Waals surface area contributed by atoms with Crippen LogP contribution in [0, 0.1) is 6.92 Å². The number of amides is 1. The number of aromatic nitrogens is 2. The third-order valence-electron chi connectivity index (χ3n) is 3.11. The molecule has 0 aliphatic carbocycles. The van der Waals surface area contributed by atoms with Crippen LogP contribution >= 0.6 is 24.0 Å². The third-order valence-corrected chi connectivity index (χ3v) is 4.41. The molecule has 1 aliphatic heterocycles. The summed E-state index contributed by atoms with van der Waals surface area (Å²) in [7, 11) is 1.84. The highest BCUT2D eigenvalue weighted by atomic mass is 32.2. The zero-order valence-electron chi connectivity index (χ0n) is 11.6. The van der Waals surface area contributed by atoms with Crippen molar-refractivity contribution in [3.05, 3.63) is 52.7 Å². The molecular weight excluding hydrogens is 302 g/mol. The highest BCUT2D eigenvalue weighted by molar-refractivity contribution is 8.27. The maximum Gasteiger partial charge on any atom is 0.270 e. The number of carbonyl (C=O) groups is 1. The van der Waals surface area contributed by atoms with E-state index in [0.717, 1.165) is 16.8 Å². The lowest BCUT2D eigenvalue weighted by molar-refractivity contribution is -0.113. The molecule has 106 valence electrons. The maximum atomic E-state index is 12.5. The average Bonchev–Trinajstić information content (AvgIpc) is 2.96. The van der Waals surface area contributed by atoms with Crippen LogP contribution in [0.5, 0.6) is 0 Å². The van der Waals surface area contributed by atoms with Crippen LogP contribution in [0.1, 0.15) is 11.1 Å². The Kier molecular flexibility index (Phi) is 3.65. The summed E-state index contributed by atoms with van der Waals surface area (Å²) in [6.07, 6.45) is 5.40. The van der Waals surface area contributed by atoms with Crippen molar-refractivity contribution in [3.63, 3.8) is 0 Å². The third kappa shape index (κ3) is 2.77. The molecule has 0 unspecified atom stereocenters. The number of anilines is 1. The maximum absolute atomic E-state index is 12.5. The van der Waals surface area contributed by atoms with E-state index < -0.39 is 0 Å². The van der Waals surface area contributed by atoms with Crippen molar-refractivity contribution in [2.45, 2.75) is 6.92 Å². The van der Waals surface area contributed by atoms with Crippen molar-refractivity contribution < 1.29 is 4.79 Å². The predicted molar refractivity (Wildman–Crippen MR) is 90.0 cm³/mol. The van der Waals surface area contributed by atoms with E-state index in [-0.39, 0.29) is 5.91 Å². The van der Waals surface area contributed by atoms with Gasteiger partial charge in [0.2, 0.25) is 0 Å². The fourth-order valence-corrected chi connectivity index (χ4v) is 3.35. The van der Waals surface area contributed by atoms with Gasteiger partial charge in [-0.15, -0.1) is 0 Å². The van der Waals surface area contributed by atoms with Crippen molar-refractivity contribution in [1.82, 2.24) is 9.78 Å². The number of thioether (sulfide) groups is 1. The summed E-state index contributed by atoms with van der Waals surface area (Å²) >= 11 is 6.65. The Labute approximate surface area is 132 Å². The normalized spacial score (nSPS) is 17.0. The minimum atomic E-state index is -0.0855. The molecule has 1 aromatic heterocycles. The summed E-state index contributed by atoms with van der Waals surface area (Å²) in [6.45, 7) is 2.01. The molecule has 2 aromatic rings. The largest absolute Gasteiger partial charge is 0.275 e. The molecule has 3 rings (SSSR count). The standard InChI is InChI=1S/C15H13N3OS2/c1-10-3-5-12(6-4-10)18-14(19)13(21-15(18)20)7-11-8-16-17(2)9-11/h3-9H,1-2H3/b13-7+. The first-order valence-electron chi connectivity index (χ1n) is 6.38. The smallest absolute Gasteiger partial charge is 0.270 e. The van der Waals surface area contributed by atoms with E-state index in [4.69, 9.17) is 12.2 Å². The van der Waals surface area contributed by atoms with E-state index in [2.05, 4.69) is 5.10 Å². The molecule has 0 N–H and O–H groups in total. The summed E-state index contributed by atoms with van der Waals surface area (Å²) < 4.78 is 2.26. The number of carbonyl (C=O) groups excluding carboxylic acids is 1. The van der Waals surface area contributed by atoms with Crippen molar-refractivity contribution in [3.8, 4) is 0 Å². The predicted octanol–water partition coefficient (Wildman–Crippen LogP) is 3.13. The van der Waals surface area contributed by atoms with Crippen molar-refractivity contribution >= 4 is 46.0 Å². The molecule has 21 heavy (non-hydrogen) atoms. The van der Waals surface area contributed by atoms with E-state index in [1.54, 1.807) is 15.8 Å². The lowest BCUT2D eigenvalue weighted by atomic mass is 10.2. The van der Waals surface area contributed by atoms with Gasteiger partial charge in [-0.05, 0) is 25.1 Å². The average molecular weight is 315 g/mol. The Morgan fingerprint density at radius 3 is 2.62 bits per heavy atom. The summed E-state index contributed by atoms with van der Waals surface area (Å²) in [5.41, 5.74) is 2.84. The highest BCUT2D eigenvalue weighted by Gasteiger charge is 2.33. The second-order valence-corrected chi connectivity index (χ2v) is 6.48. The van der Waals surface area contributed by atoms with Crippen LogP contribution in [0.2, 0.25) is 0 Å². The molecule has 0 spiro atoms. The first kappa shape index (κ1) is 14.0. The van der Waals surface area contributed by atoms with Crippen LogP contribution in [0.15, 0.2) is 41.6 Å². The van der Waals surface area contributed by atoms with Gasteiger partial charge in [-0.3, -0.25) is 14.4 Å². The van der Waals surface area contributed by atoms with E-state index in [0.29, 0.717) is 9.23 Å². The lowest BCUT2D eigenvalue weighted by Crippen LogP contribution is -2.27. The van der Waals surface area contributed by atoms with Gasteiger partial charge >= 0.3 is 0 Å². The second kappa shape index (κ2) is 5.46. The molecule has 1 aromatic carbocycles. The number of nitrogens with zero attached hydrogens (tertiary/aromatic N) is 3. The SMILES string of the molecule is Cc1ccc(N2C(=O)/C(=C\c3cnn(C)c3)SC2=S)cc1. The minimum absolute atomic E-state index is 0.0855. The molecule has 6 heteroatoms. The molecule has 4 nitrogen and oxygen atoms in total. The second-order valence-electron chi connectivity index (χ2n) is 4.80. The Bertz CT molecular complexity index is 747. The molecule has 2 heterocycles. The van der Waals surface area contributed by atoms with Gasteiger partial charge in [0.25, 0.3) is 5.91 Å². The molecular formula is C15H13N3OS2. The fourth-order valence-electron chi connectivity index (χ4n) is 2.05. The molecule has 1 saturated heterocycles. The van der Waals surface area contributed by atoms with Gasteiger partial charge in [0.15, 0.2) is 4.32 Å². The van der Waals surface area contributed by atoms with E-state index in [1.165, 1.54) is 11.8 Å². The van der Waals surface area contributed by atoms with Crippen molar-refractivity contribution in [1.29, 1.82) is 0 Å². The summed E-state index contributed by atoms with van der Waals surface area (Å²) in [6, 6.07) is 7.76. The molecule has 0 atom stereocenters. The Morgan fingerprint density at radius 2 is 2.00 bits per heavy atom. The van der Waals surface area contributed by atoms with Gasteiger partial charge in [0, 0.05) is 18.8 Å². The van der Waals surface area contributed by atoms with Crippen molar-refractivity contribution in [2.75, 3.05) is 4.90 Å². The molecule has 0 bridgehead atoms. The van der Waals surface area contributed by atoms with Gasteiger partial charge in [0.05, 0.1) is 16.8 Å². The fraction of sp³-hybridized carbons (Fsp3) is 0.133. The van der Waals surface area contributed by atoms with Gasteiger partial charge in [0.1, 0.15) is 0 Å². The van der Waals surface area contributed by atoms with Crippen LogP contribution in [0.4, 0.5) is 5.69 Å². The monoisotopic (exact) mass is 315 g/mol. The van der Waals surface area contributed by atoms with Crippen LogP contribution < -0.4 is 4.90 Å².